The minimum atomic E-state index is -0.151. The molecule has 0 atom stereocenters. The lowest BCUT2D eigenvalue weighted by atomic mass is 9.87. The molecule has 0 unspecified atom stereocenters. The molecule has 1 saturated heterocycles. The number of amides is 2. The summed E-state index contributed by atoms with van der Waals surface area (Å²) in [6.07, 6.45) is 0.269. The number of carbonyl (C=O) groups is 2. The van der Waals surface area contributed by atoms with Gasteiger partial charge in [-0.2, -0.15) is 0 Å². The molecule has 0 radical (unpaired) electrons. The maximum atomic E-state index is 12.2. The lowest BCUT2D eigenvalue weighted by Crippen LogP contribution is -2.55. The van der Waals surface area contributed by atoms with Crippen LogP contribution in [-0.2, 0) is 14.9 Å². The van der Waals surface area contributed by atoms with E-state index in [-0.39, 0.29) is 29.2 Å². The third-order valence-corrected chi connectivity index (χ3v) is 5.24. The predicted octanol–water partition coefficient (Wildman–Crippen LogP) is 2.33. The normalized spacial score (nSPS) is 15.9. The molecular weight excluding hydrogens is 354 g/mol. The molecule has 1 aliphatic heterocycles. The molecule has 156 valence electrons. The van der Waals surface area contributed by atoms with E-state index in [0.29, 0.717) is 18.7 Å². The number of hydrogen-bond donors (Lipinski definition) is 2. The third kappa shape index (κ3) is 6.60. The Bertz CT molecular complexity index is 657. The highest BCUT2D eigenvalue weighted by Gasteiger charge is 2.28. The zero-order valence-corrected chi connectivity index (χ0v) is 17.9. The Labute approximate surface area is 169 Å². The van der Waals surface area contributed by atoms with Crippen LogP contribution in [0.4, 0.5) is 0 Å². The molecule has 1 aromatic rings. The average molecular weight is 390 g/mol. The largest absolute Gasteiger partial charge is 0.379 e. The fourth-order valence-electron chi connectivity index (χ4n) is 3.20. The molecule has 0 spiro atoms. The summed E-state index contributed by atoms with van der Waals surface area (Å²) >= 11 is 0. The highest BCUT2D eigenvalue weighted by molar-refractivity contribution is 5.94. The lowest BCUT2D eigenvalue weighted by Gasteiger charge is -2.40. The summed E-state index contributed by atoms with van der Waals surface area (Å²) in [6, 6.07) is 7.63. The number of nitrogens with one attached hydrogen (secondary N) is 2. The summed E-state index contributed by atoms with van der Waals surface area (Å²) in [4.78, 5) is 26.7. The number of rotatable bonds is 7. The molecule has 2 rings (SSSR count). The van der Waals surface area contributed by atoms with E-state index < -0.39 is 0 Å². The van der Waals surface area contributed by atoms with Crippen molar-refractivity contribution in [3.8, 4) is 0 Å². The maximum absolute atomic E-state index is 12.2. The van der Waals surface area contributed by atoms with Crippen LogP contribution in [0.2, 0.25) is 0 Å². The van der Waals surface area contributed by atoms with E-state index in [1.54, 1.807) is 0 Å². The topological polar surface area (TPSA) is 70.7 Å². The van der Waals surface area contributed by atoms with Crippen LogP contribution in [0.1, 0.15) is 57.0 Å². The Hall–Kier alpha value is -1.92. The monoisotopic (exact) mass is 389 g/mol. The van der Waals surface area contributed by atoms with Gasteiger partial charge in [-0.15, -0.1) is 0 Å². The van der Waals surface area contributed by atoms with Gasteiger partial charge in [0.1, 0.15) is 0 Å². The van der Waals surface area contributed by atoms with Gasteiger partial charge in [0.05, 0.1) is 13.2 Å². The SMILES string of the molecule is CC(C)(C)c1ccc(C(=O)NCCC(=O)NCC(C)(C)N2CCOCC2)cc1. The minimum Gasteiger partial charge on any atom is -0.379 e. The Balaban J connectivity index is 1.72. The third-order valence-electron chi connectivity index (χ3n) is 5.24. The first kappa shape index (κ1) is 22.4. The number of benzene rings is 1. The zero-order chi connectivity index (χ0) is 20.8. The van der Waals surface area contributed by atoms with Gasteiger partial charge in [-0.1, -0.05) is 32.9 Å². The molecule has 2 N–H and O–H groups in total. The molecule has 0 bridgehead atoms. The van der Waals surface area contributed by atoms with Crippen LogP contribution in [0.3, 0.4) is 0 Å². The van der Waals surface area contributed by atoms with Gasteiger partial charge in [-0.3, -0.25) is 14.5 Å². The fraction of sp³-hybridized carbons (Fsp3) is 0.636. The second kappa shape index (κ2) is 9.52. The van der Waals surface area contributed by atoms with E-state index in [0.717, 1.165) is 26.3 Å². The molecule has 28 heavy (non-hydrogen) atoms. The molecule has 1 heterocycles. The first-order valence-corrected chi connectivity index (χ1v) is 10.1. The van der Waals surface area contributed by atoms with Crippen molar-refractivity contribution in [3.05, 3.63) is 35.4 Å². The molecule has 1 aromatic carbocycles. The van der Waals surface area contributed by atoms with Crippen molar-refractivity contribution >= 4 is 11.8 Å². The number of carbonyl (C=O) groups excluding carboxylic acids is 2. The summed E-state index contributed by atoms with van der Waals surface area (Å²) in [5.74, 6) is -0.202. The van der Waals surface area contributed by atoms with E-state index in [1.807, 2.05) is 24.3 Å². The fourth-order valence-corrected chi connectivity index (χ4v) is 3.20. The van der Waals surface area contributed by atoms with Crippen LogP contribution in [0, 0.1) is 0 Å². The maximum Gasteiger partial charge on any atom is 0.251 e. The Kier molecular flexibility index (Phi) is 7.61. The number of morpholine rings is 1. The van der Waals surface area contributed by atoms with Crippen LogP contribution in [0.25, 0.3) is 0 Å². The summed E-state index contributed by atoms with van der Waals surface area (Å²) in [7, 11) is 0. The van der Waals surface area contributed by atoms with Crippen LogP contribution >= 0.6 is 0 Å². The first-order chi connectivity index (χ1) is 13.1. The standard InChI is InChI=1S/C22H35N3O3/c1-21(2,3)18-8-6-17(7-9-18)20(27)23-11-10-19(26)24-16-22(4,5)25-12-14-28-15-13-25/h6-9H,10-16H2,1-5H3,(H,23,27)(H,24,26). The van der Waals surface area contributed by atoms with E-state index in [1.165, 1.54) is 5.56 Å². The highest BCUT2D eigenvalue weighted by Crippen LogP contribution is 2.22. The molecular formula is C22H35N3O3. The molecule has 0 saturated carbocycles. The van der Waals surface area contributed by atoms with Crippen molar-refractivity contribution in [2.24, 2.45) is 0 Å². The Morgan fingerprint density at radius 1 is 1.00 bits per heavy atom. The molecule has 0 aliphatic carbocycles. The van der Waals surface area contributed by atoms with E-state index in [4.69, 9.17) is 4.74 Å². The minimum absolute atomic E-state index is 0.0512. The highest BCUT2D eigenvalue weighted by atomic mass is 16.5. The second-order valence-corrected chi connectivity index (χ2v) is 9.02. The van der Waals surface area contributed by atoms with E-state index >= 15 is 0 Å². The molecule has 2 amide bonds. The summed E-state index contributed by atoms with van der Waals surface area (Å²) < 4.78 is 5.39. The first-order valence-electron chi connectivity index (χ1n) is 10.1. The van der Waals surface area contributed by atoms with Crippen LogP contribution in [0.5, 0.6) is 0 Å². The van der Waals surface area contributed by atoms with Gasteiger partial charge in [0, 0.05) is 43.7 Å². The van der Waals surface area contributed by atoms with Crippen LogP contribution in [0.15, 0.2) is 24.3 Å². The summed E-state index contributed by atoms with van der Waals surface area (Å²) in [6.45, 7) is 14.8. The molecule has 6 heteroatoms. The Morgan fingerprint density at radius 2 is 1.61 bits per heavy atom. The van der Waals surface area contributed by atoms with Gasteiger partial charge in [0.15, 0.2) is 0 Å². The quantitative estimate of drug-likeness (QED) is 0.751. The number of hydrogen-bond acceptors (Lipinski definition) is 4. The smallest absolute Gasteiger partial charge is 0.251 e. The molecule has 1 fully saturated rings. The molecule has 1 aliphatic rings. The second-order valence-electron chi connectivity index (χ2n) is 9.02. The van der Waals surface area contributed by atoms with Gasteiger partial charge in [-0.05, 0) is 37.0 Å². The van der Waals surface area contributed by atoms with Gasteiger partial charge in [0.25, 0.3) is 5.91 Å². The van der Waals surface area contributed by atoms with Crippen molar-refractivity contribution < 1.29 is 14.3 Å². The molecule has 6 nitrogen and oxygen atoms in total. The summed E-state index contributed by atoms with van der Waals surface area (Å²) in [5.41, 5.74) is 1.74. The van der Waals surface area contributed by atoms with Gasteiger partial charge in [0.2, 0.25) is 5.91 Å². The summed E-state index contributed by atoms with van der Waals surface area (Å²) in [5, 5.41) is 5.81. The van der Waals surface area contributed by atoms with Crippen molar-refractivity contribution in [1.29, 1.82) is 0 Å². The van der Waals surface area contributed by atoms with Crippen molar-refractivity contribution in [3.63, 3.8) is 0 Å². The van der Waals surface area contributed by atoms with E-state index in [9.17, 15) is 9.59 Å². The van der Waals surface area contributed by atoms with Gasteiger partial charge < -0.3 is 15.4 Å². The predicted molar refractivity (Wildman–Crippen MR) is 112 cm³/mol. The van der Waals surface area contributed by atoms with Gasteiger partial charge in [-0.25, -0.2) is 0 Å². The van der Waals surface area contributed by atoms with Gasteiger partial charge >= 0.3 is 0 Å². The van der Waals surface area contributed by atoms with Crippen molar-refractivity contribution in [2.75, 3.05) is 39.4 Å². The molecule has 0 aromatic heterocycles. The van der Waals surface area contributed by atoms with Crippen molar-refractivity contribution in [2.45, 2.75) is 52.0 Å². The lowest BCUT2D eigenvalue weighted by molar-refractivity contribution is -0.121. The number of nitrogens with zero attached hydrogens (tertiary/aromatic N) is 1. The Morgan fingerprint density at radius 3 is 2.18 bits per heavy atom. The van der Waals surface area contributed by atoms with Crippen LogP contribution < -0.4 is 10.6 Å². The zero-order valence-electron chi connectivity index (χ0n) is 17.9. The average Bonchev–Trinajstić information content (AvgIpc) is 2.66. The number of ether oxygens (including phenoxy) is 1. The van der Waals surface area contributed by atoms with E-state index in [2.05, 4.69) is 50.2 Å². The van der Waals surface area contributed by atoms with Crippen LogP contribution in [-0.4, -0.2) is 61.6 Å². The van der Waals surface area contributed by atoms with Crippen molar-refractivity contribution in [1.82, 2.24) is 15.5 Å².